The highest BCUT2D eigenvalue weighted by atomic mass is 19.1. The first-order chi connectivity index (χ1) is 13.6. The van der Waals surface area contributed by atoms with Crippen molar-refractivity contribution >= 4 is 12.3 Å². The van der Waals surface area contributed by atoms with Crippen molar-refractivity contribution in [3.63, 3.8) is 0 Å². The normalized spacial score (nSPS) is 18.3. The summed E-state index contributed by atoms with van der Waals surface area (Å²) in [4.78, 5) is 32.6. The van der Waals surface area contributed by atoms with Gasteiger partial charge < -0.3 is 14.4 Å². The molecular weight excluding hydrogens is 359 g/mol. The fourth-order valence-electron chi connectivity index (χ4n) is 4.16. The minimum absolute atomic E-state index is 0.0455. The summed E-state index contributed by atoms with van der Waals surface area (Å²) in [5.41, 5.74) is 1.45. The van der Waals surface area contributed by atoms with Gasteiger partial charge in [-0.05, 0) is 43.4 Å². The largest absolute Gasteiger partial charge is 0.340 e. The van der Waals surface area contributed by atoms with Crippen LogP contribution in [-0.4, -0.2) is 57.3 Å². The number of likely N-dealkylation sites (tertiary alicyclic amines) is 1. The molecule has 1 fully saturated rings. The number of imidazole rings is 1. The molecule has 1 saturated heterocycles. The van der Waals surface area contributed by atoms with Gasteiger partial charge in [-0.3, -0.25) is 9.59 Å². The Balaban J connectivity index is 1.50. The van der Waals surface area contributed by atoms with Crippen LogP contribution in [-0.2, 0) is 24.2 Å². The molecule has 2 amide bonds. The van der Waals surface area contributed by atoms with E-state index in [4.69, 9.17) is 0 Å². The van der Waals surface area contributed by atoms with Gasteiger partial charge in [0.15, 0.2) is 0 Å². The maximum atomic E-state index is 13.2. The third-order valence-corrected chi connectivity index (χ3v) is 5.74. The lowest BCUT2D eigenvalue weighted by atomic mass is 10.1. The Morgan fingerprint density at radius 3 is 2.82 bits per heavy atom. The zero-order valence-corrected chi connectivity index (χ0v) is 15.9. The number of halogens is 1. The molecule has 28 heavy (non-hydrogen) atoms. The number of hydrogen-bond donors (Lipinski definition) is 0. The number of fused-ring (bicyclic) bond motifs is 1. The maximum Gasteiger partial charge on any atom is 0.274 e. The van der Waals surface area contributed by atoms with Crippen LogP contribution in [0.25, 0.3) is 0 Å². The lowest BCUT2D eigenvalue weighted by Crippen LogP contribution is -2.43. The molecule has 0 N–H and O–H groups in total. The number of aromatic nitrogens is 2. The first kappa shape index (κ1) is 18.7. The summed E-state index contributed by atoms with van der Waals surface area (Å²) in [6.45, 7) is 2.66. The van der Waals surface area contributed by atoms with Gasteiger partial charge in [0.2, 0.25) is 6.41 Å². The molecular formula is C21H25FN4O2. The van der Waals surface area contributed by atoms with E-state index in [2.05, 4.69) is 9.55 Å². The van der Waals surface area contributed by atoms with E-state index < -0.39 is 0 Å². The van der Waals surface area contributed by atoms with E-state index in [1.807, 2.05) is 6.20 Å². The zero-order valence-electron chi connectivity index (χ0n) is 15.9. The van der Waals surface area contributed by atoms with E-state index in [-0.39, 0.29) is 17.8 Å². The Bertz CT molecular complexity index is 827. The quantitative estimate of drug-likeness (QED) is 0.688. The molecule has 1 unspecified atom stereocenters. The molecule has 6 nitrogen and oxygen atoms in total. The molecule has 0 saturated carbocycles. The summed E-state index contributed by atoms with van der Waals surface area (Å²) in [6.07, 6.45) is 7.20. The van der Waals surface area contributed by atoms with Crippen molar-refractivity contribution in [1.82, 2.24) is 19.4 Å². The predicted molar refractivity (Wildman–Crippen MR) is 102 cm³/mol. The highest BCUT2D eigenvalue weighted by Crippen LogP contribution is 2.20. The molecule has 3 heterocycles. The Morgan fingerprint density at radius 2 is 2.07 bits per heavy atom. The number of carbonyl (C=O) groups is 2. The molecule has 0 aliphatic carbocycles. The summed E-state index contributed by atoms with van der Waals surface area (Å²) in [7, 11) is 0. The molecule has 4 rings (SSSR count). The highest BCUT2D eigenvalue weighted by Gasteiger charge is 2.29. The van der Waals surface area contributed by atoms with Crippen LogP contribution in [0.2, 0.25) is 0 Å². The summed E-state index contributed by atoms with van der Waals surface area (Å²) in [6, 6.07) is 6.41. The number of benzene rings is 1. The van der Waals surface area contributed by atoms with Crippen molar-refractivity contribution in [2.75, 3.05) is 19.6 Å². The number of rotatable bonds is 7. The minimum atomic E-state index is -0.267. The lowest BCUT2D eigenvalue weighted by Gasteiger charge is -2.28. The fourth-order valence-corrected chi connectivity index (χ4v) is 4.16. The summed E-state index contributed by atoms with van der Waals surface area (Å²) in [5.74, 6) is 0.607. The first-order valence-corrected chi connectivity index (χ1v) is 9.95. The van der Waals surface area contributed by atoms with E-state index in [0.29, 0.717) is 25.2 Å². The van der Waals surface area contributed by atoms with Crippen molar-refractivity contribution in [1.29, 1.82) is 0 Å². The van der Waals surface area contributed by atoms with Crippen LogP contribution < -0.4 is 0 Å². The van der Waals surface area contributed by atoms with Crippen molar-refractivity contribution in [3.05, 3.63) is 53.4 Å². The molecule has 1 aromatic carbocycles. The summed E-state index contributed by atoms with van der Waals surface area (Å²) >= 11 is 0. The average molecular weight is 384 g/mol. The van der Waals surface area contributed by atoms with Crippen LogP contribution in [0.4, 0.5) is 4.39 Å². The van der Waals surface area contributed by atoms with Gasteiger partial charge >= 0.3 is 0 Å². The smallest absolute Gasteiger partial charge is 0.274 e. The molecule has 1 aromatic heterocycles. The number of carbonyl (C=O) groups excluding carboxylic acids is 2. The van der Waals surface area contributed by atoms with Gasteiger partial charge in [-0.15, -0.1) is 0 Å². The van der Waals surface area contributed by atoms with E-state index in [0.717, 1.165) is 56.6 Å². The van der Waals surface area contributed by atoms with Crippen LogP contribution >= 0.6 is 0 Å². The Kier molecular flexibility index (Phi) is 5.41. The van der Waals surface area contributed by atoms with Crippen LogP contribution in [0, 0.1) is 5.82 Å². The SMILES string of the molecule is O=CN1CCCC1CN(CCc1ccc(F)cc1)C(=O)c1cn2c(n1)CCC2. The fraction of sp³-hybridized carbons (Fsp3) is 0.476. The Labute approximate surface area is 164 Å². The molecule has 0 spiro atoms. The standard InChI is InChI=1S/C21H25FN4O2/c22-17-7-5-16(6-8-17)9-12-25(13-18-3-1-11-26(18)15-27)21(28)19-14-24-10-2-4-20(24)23-19/h5-8,14-15,18H,1-4,9-13H2. The second-order valence-corrected chi connectivity index (χ2v) is 7.61. The Hall–Kier alpha value is -2.70. The van der Waals surface area contributed by atoms with Gasteiger partial charge in [0.25, 0.3) is 5.91 Å². The monoisotopic (exact) mass is 384 g/mol. The average Bonchev–Trinajstić information content (AvgIpc) is 3.41. The molecule has 0 bridgehead atoms. The van der Waals surface area contributed by atoms with Gasteiger partial charge in [-0.1, -0.05) is 12.1 Å². The second kappa shape index (κ2) is 8.12. The predicted octanol–water partition coefficient (Wildman–Crippen LogP) is 2.27. The first-order valence-electron chi connectivity index (χ1n) is 9.95. The third-order valence-electron chi connectivity index (χ3n) is 5.74. The Morgan fingerprint density at radius 1 is 1.25 bits per heavy atom. The van der Waals surface area contributed by atoms with Crippen molar-refractivity contribution in [3.8, 4) is 0 Å². The van der Waals surface area contributed by atoms with Crippen LogP contribution in [0.1, 0.15) is 41.1 Å². The molecule has 148 valence electrons. The van der Waals surface area contributed by atoms with Crippen LogP contribution in [0.3, 0.4) is 0 Å². The zero-order chi connectivity index (χ0) is 19.5. The van der Waals surface area contributed by atoms with Gasteiger partial charge in [0.1, 0.15) is 17.3 Å². The number of hydrogen-bond acceptors (Lipinski definition) is 3. The maximum absolute atomic E-state index is 13.2. The van der Waals surface area contributed by atoms with Gasteiger partial charge in [0, 0.05) is 44.8 Å². The summed E-state index contributed by atoms with van der Waals surface area (Å²) < 4.78 is 15.2. The lowest BCUT2D eigenvalue weighted by molar-refractivity contribution is -0.119. The second-order valence-electron chi connectivity index (χ2n) is 7.61. The van der Waals surface area contributed by atoms with Gasteiger partial charge in [-0.2, -0.15) is 0 Å². The highest BCUT2D eigenvalue weighted by molar-refractivity contribution is 5.92. The molecule has 2 aliphatic rings. The topological polar surface area (TPSA) is 58.4 Å². The van der Waals surface area contributed by atoms with E-state index >= 15 is 0 Å². The van der Waals surface area contributed by atoms with Crippen LogP contribution in [0.15, 0.2) is 30.5 Å². The summed E-state index contributed by atoms with van der Waals surface area (Å²) in [5, 5.41) is 0. The number of aryl methyl sites for hydroxylation is 2. The molecule has 1 atom stereocenters. The van der Waals surface area contributed by atoms with E-state index in [1.54, 1.807) is 21.9 Å². The van der Waals surface area contributed by atoms with Crippen molar-refractivity contribution < 1.29 is 14.0 Å². The number of nitrogens with zero attached hydrogens (tertiary/aromatic N) is 4. The van der Waals surface area contributed by atoms with E-state index in [1.165, 1.54) is 12.1 Å². The molecule has 2 aliphatic heterocycles. The molecule has 2 aromatic rings. The minimum Gasteiger partial charge on any atom is -0.340 e. The molecule has 7 heteroatoms. The van der Waals surface area contributed by atoms with Gasteiger partial charge in [0.05, 0.1) is 0 Å². The molecule has 0 radical (unpaired) electrons. The van der Waals surface area contributed by atoms with Crippen molar-refractivity contribution in [2.24, 2.45) is 0 Å². The van der Waals surface area contributed by atoms with Gasteiger partial charge in [-0.25, -0.2) is 9.37 Å². The van der Waals surface area contributed by atoms with Crippen LogP contribution in [0.5, 0.6) is 0 Å². The van der Waals surface area contributed by atoms with Crippen molar-refractivity contribution in [2.45, 2.75) is 44.7 Å². The third kappa shape index (κ3) is 3.93. The number of amides is 2. The van der Waals surface area contributed by atoms with E-state index in [9.17, 15) is 14.0 Å².